The smallest absolute Gasteiger partial charge is 0.338 e. The third-order valence-electron chi connectivity index (χ3n) is 3.57. The van der Waals surface area contributed by atoms with Gasteiger partial charge in [0.2, 0.25) is 5.91 Å². The van der Waals surface area contributed by atoms with Crippen LogP contribution in [0.4, 0.5) is 18.0 Å². The molecule has 0 bridgehead atoms. The number of nitrogens with zero attached hydrogens (tertiary/aromatic N) is 1. The van der Waals surface area contributed by atoms with Gasteiger partial charge in [0, 0.05) is 26.1 Å². The molecule has 3 amide bonds. The lowest BCUT2D eigenvalue weighted by Gasteiger charge is -2.20. The first-order valence-electron chi connectivity index (χ1n) is 7.28. The number of amides is 3. The number of alkyl halides is 3. The van der Waals surface area contributed by atoms with Gasteiger partial charge in [-0.15, -0.1) is 0 Å². The summed E-state index contributed by atoms with van der Waals surface area (Å²) < 4.78 is 39.0. The van der Waals surface area contributed by atoms with E-state index < -0.39 is 17.8 Å². The number of benzene rings is 1. The highest BCUT2D eigenvalue weighted by Gasteiger charge is 2.35. The van der Waals surface area contributed by atoms with E-state index in [2.05, 4.69) is 10.6 Å². The Morgan fingerprint density at radius 3 is 2.70 bits per heavy atom. The fourth-order valence-electron chi connectivity index (χ4n) is 2.56. The summed E-state index contributed by atoms with van der Waals surface area (Å²) >= 11 is 0. The van der Waals surface area contributed by atoms with Gasteiger partial charge in [-0.2, -0.15) is 13.2 Å². The minimum Gasteiger partial charge on any atom is -0.338 e. The Morgan fingerprint density at radius 1 is 1.35 bits per heavy atom. The predicted octanol–water partition coefficient (Wildman–Crippen LogP) is 2.13. The van der Waals surface area contributed by atoms with Crippen molar-refractivity contribution in [2.75, 3.05) is 13.1 Å². The van der Waals surface area contributed by atoms with Crippen LogP contribution in [0.3, 0.4) is 0 Å². The Kier molecular flexibility index (Phi) is 5.12. The number of halogens is 3. The number of carbonyl (C=O) groups is 2. The fourth-order valence-corrected chi connectivity index (χ4v) is 2.56. The van der Waals surface area contributed by atoms with Gasteiger partial charge in [0.15, 0.2) is 0 Å². The molecule has 0 radical (unpaired) electrons. The molecule has 1 atom stereocenters. The van der Waals surface area contributed by atoms with E-state index in [-0.39, 0.29) is 37.0 Å². The van der Waals surface area contributed by atoms with E-state index >= 15 is 0 Å². The Balaban J connectivity index is 2.04. The molecule has 5 nitrogen and oxygen atoms in total. The highest BCUT2D eigenvalue weighted by atomic mass is 19.4. The van der Waals surface area contributed by atoms with Crippen molar-refractivity contribution in [3.8, 4) is 0 Å². The monoisotopic (exact) mass is 329 g/mol. The largest absolute Gasteiger partial charge is 0.416 e. The number of rotatable bonds is 4. The summed E-state index contributed by atoms with van der Waals surface area (Å²) in [6.07, 6.45) is -4.37. The number of likely N-dealkylation sites (tertiary alicyclic amines) is 1. The fraction of sp³-hybridized carbons (Fsp3) is 0.467. The van der Waals surface area contributed by atoms with Crippen LogP contribution < -0.4 is 10.6 Å². The van der Waals surface area contributed by atoms with Crippen molar-refractivity contribution >= 4 is 11.9 Å². The highest BCUT2D eigenvalue weighted by molar-refractivity contribution is 5.81. The second kappa shape index (κ2) is 6.89. The molecule has 0 aliphatic carbocycles. The maximum absolute atomic E-state index is 13.0. The van der Waals surface area contributed by atoms with Crippen LogP contribution in [0.5, 0.6) is 0 Å². The zero-order valence-corrected chi connectivity index (χ0v) is 12.6. The van der Waals surface area contributed by atoms with Crippen LogP contribution in [0.25, 0.3) is 0 Å². The zero-order valence-electron chi connectivity index (χ0n) is 12.6. The molecule has 23 heavy (non-hydrogen) atoms. The molecular formula is C15H18F3N3O2. The minimum absolute atomic E-state index is 0.0482. The number of hydrogen-bond acceptors (Lipinski definition) is 2. The second-order valence-corrected chi connectivity index (χ2v) is 5.33. The van der Waals surface area contributed by atoms with Gasteiger partial charge in [-0.05, 0) is 18.6 Å². The van der Waals surface area contributed by atoms with Gasteiger partial charge < -0.3 is 15.5 Å². The van der Waals surface area contributed by atoms with Gasteiger partial charge in [0.1, 0.15) is 0 Å². The molecule has 2 N–H and O–H groups in total. The van der Waals surface area contributed by atoms with Crippen molar-refractivity contribution in [1.82, 2.24) is 15.5 Å². The molecule has 1 heterocycles. The van der Waals surface area contributed by atoms with Gasteiger partial charge in [-0.3, -0.25) is 4.79 Å². The quantitative estimate of drug-likeness (QED) is 0.889. The molecule has 1 aromatic carbocycles. The third-order valence-corrected chi connectivity index (χ3v) is 3.57. The molecule has 1 aliphatic heterocycles. The highest BCUT2D eigenvalue weighted by Crippen LogP contribution is 2.32. The van der Waals surface area contributed by atoms with Crippen molar-refractivity contribution < 1.29 is 22.8 Å². The van der Waals surface area contributed by atoms with Crippen LogP contribution in [0.15, 0.2) is 24.3 Å². The Bertz CT molecular complexity index is 590. The number of urea groups is 1. The minimum atomic E-state index is -4.46. The summed E-state index contributed by atoms with van der Waals surface area (Å²) in [5.74, 6) is -0.274. The zero-order chi connectivity index (χ0) is 17.0. The lowest BCUT2D eigenvalue weighted by molar-refractivity contribution is -0.139. The molecule has 2 rings (SSSR count). The first-order chi connectivity index (χ1) is 10.8. The molecule has 1 fully saturated rings. The molecule has 1 aromatic rings. The van der Waals surface area contributed by atoms with E-state index in [9.17, 15) is 22.8 Å². The number of carbonyl (C=O) groups excluding carboxylic acids is 2. The lowest BCUT2D eigenvalue weighted by atomic mass is 10.1. The van der Waals surface area contributed by atoms with Crippen LogP contribution in [0.2, 0.25) is 0 Å². The van der Waals surface area contributed by atoms with Gasteiger partial charge in [-0.25, -0.2) is 4.79 Å². The summed E-state index contributed by atoms with van der Waals surface area (Å²) in [6.45, 7) is 2.29. The molecular weight excluding hydrogens is 311 g/mol. The molecule has 8 heteroatoms. The number of nitrogens with one attached hydrogen (secondary N) is 2. The van der Waals surface area contributed by atoms with Gasteiger partial charge in [0.25, 0.3) is 0 Å². The van der Waals surface area contributed by atoms with Crippen molar-refractivity contribution in [3.63, 3.8) is 0 Å². The van der Waals surface area contributed by atoms with E-state index in [1.54, 1.807) is 6.92 Å². The van der Waals surface area contributed by atoms with Gasteiger partial charge in [-0.1, -0.05) is 18.2 Å². The molecule has 0 saturated carbocycles. The Hall–Kier alpha value is -2.25. The Labute approximate surface area is 131 Å². The second-order valence-electron chi connectivity index (χ2n) is 5.33. The average molecular weight is 329 g/mol. The topological polar surface area (TPSA) is 61.4 Å². The normalized spacial score (nSPS) is 18.2. The van der Waals surface area contributed by atoms with E-state index in [1.807, 2.05) is 0 Å². The average Bonchev–Trinajstić information content (AvgIpc) is 2.78. The maximum Gasteiger partial charge on any atom is 0.416 e. The molecule has 0 spiro atoms. The molecule has 0 unspecified atom stereocenters. The Morgan fingerprint density at radius 2 is 2.04 bits per heavy atom. The van der Waals surface area contributed by atoms with E-state index in [0.29, 0.717) is 6.54 Å². The first-order valence-corrected chi connectivity index (χ1v) is 7.28. The van der Waals surface area contributed by atoms with Crippen molar-refractivity contribution in [2.45, 2.75) is 32.1 Å². The van der Waals surface area contributed by atoms with Crippen LogP contribution in [0.1, 0.15) is 24.5 Å². The van der Waals surface area contributed by atoms with Crippen LogP contribution >= 0.6 is 0 Å². The van der Waals surface area contributed by atoms with Crippen molar-refractivity contribution in [2.24, 2.45) is 0 Å². The van der Waals surface area contributed by atoms with Gasteiger partial charge >= 0.3 is 12.2 Å². The SMILES string of the molecule is CCNC(=O)N[C@H]1CC(=O)N(Cc2ccccc2C(F)(F)F)C1. The maximum atomic E-state index is 13.0. The molecule has 1 aliphatic rings. The van der Waals surface area contributed by atoms with Crippen molar-refractivity contribution in [3.05, 3.63) is 35.4 Å². The van der Waals surface area contributed by atoms with Crippen LogP contribution in [-0.2, 0) is 17.5 Å². The summed E-state index contributed by atoms with van der Waals surface area (Å²) in [5, 5.41) is 5.19. The first kappa shape index (κ1) is 17.1. The molecule has 1 saturated heterocycles. The van der Waals surface area contributed by atoms with Crippen LogP contribution in [0, 0.1) is 0 Å². The lowest BCUT2D eigenvalue weighted by Crippen LogP contribution is -2.43. The summed E-state index contributed by atoms with van der Waals surface area (Å²) in [7, 11) is 0. The van der Waals surface area contributed by atoms with Gasteiger partial charge in [0.05, 0.1) is 11.6 Å². The number of hydrogen-bond donors (Lipinski definition) is 2. The summed E-state index contributed by atoms with van der Waals surface area (Å²) in [6, 6.07) is 4.41. The predicted molar refractivity (Wildman–Crippen MR) is 77.5 cm³/mol. The van der Waals surface area contributed by atoms with E-state index in [1.165, 1.54) is 23.1 Å². The molecule has 0 aromatic heterocycles. The summed E-state index contributed by atoms with van der Waals surface area (Å²) in [4.78, 5) is 24.8. The van der Waals surface area contributed by atoms with Crippen molar-refractivity contribution in [1.29, 1.82) is 0 Å². The third kappa shape index (κ3) is 4.37. The molecule has 126 valence electrons. The van der Waals surface area contributed by atoms with E-state index in [4.69, 9.17) is 0 Å². The summed E-state index contributed by atoms with van der Waals surface area (Å²) in [5.41, 5.74) is -0.694. The standard InChI is InChI=1S/C15H18F3N3O2/c1-2-19-14(23)20-11-7-13(22)21(9-11)8-10-5-3-4-6-12(10)15(16,17)18/h3-6,11H,2,7-9H2,1H3,(H2,19,20,23)/t11-/m0/s1. The van der Waals surface area contributed by atoms with E-state index in [0.717, 1.165) is 6.07 Å². The van der Waals surface area contributed by atoms with Crippen LogP contribution in [-0.4, -0.2) is 36.0 Å².